The van der Waals surface area contributed by atoms with E-state index >= 15 is 0 Å². The fourth-order valence-corrected chi connectivity index (χ4v) is 7.59. The Kier molecular flexibility index (Phi) is 5.77. The lowest BCUT2D eigenvalue weighted by Gasteiger charge is -2.39. The van der Waals surface area contributed by atoms with Gasteiger partial charge >= 0.3 is 0 Å². The maximum atomic E-state index is 13.3. The molecule has 9 heteroatoms. The van der Waals surface area contributed by atoms with Crippen molar-refractivity contribution in [3.05, 3.63) is 11.8 Å². The molecule has 5 rings (SSSR count). The second kappa shape index (κ2) is 7.81. The van der Waals surface area contributed by atoms with Crippen molar-refractivity contribution in [2.24, 2.45) is 5.41 Å². The lowest BCUT2D eigenvalue weighted by Crippen LogP contribution is -2.56. The van der Waals surface area contributed by atoms with E-state index in [0.717, 1.165) is 37.4 Å². The lowest BCUT2D eigenvalue weighted by atomic mass is 9.83. The molecule has 0 bridgehead atoms. The molecule has 4 aliphatic rings. The number of aromatic nitrogens is 2. The zero-order valence-corrected chi connectivity index (χ0v) is 18.8. The zero-order chi connectivity index (χ0) is 20.4. The first-order valence-corrected chi connectivity index (χ1v) is 12.5. The largest absolute Gasteiger partial charge is 0.412 e. The van der Waals surface area contributed by atoms with E-state index in [1.807, 2.05) is 0 Å². The molecule has 2 N–H and O–H groups in total. The van der Waals surface area contributed by atoms with Gasteiger partial charge in [-0.25, -0.2) is 8.78 Å². The van der Waals surface area contributed by atoms with Crippen LogP contribution < -0.4 is 4.90 Å². The van der Waals surface area contributed by atoms with Gasteiger partial charge in [-0.15, -0.1) is 0 Å². The first-order chi connectivity index (χ1) is 13.7. The normalized spacial score (nSPS) is 35.9. The van der Waals surface area contributed by atoms with Crippen LogP contribution in [-0.4, -0.2) is 74.0 Å². The van der Waals surface area contributed by atoms with Gasteiger partial charge in [0, 0.05) is 64.0 Å². The molecule has 1 saturated carbocycles. The van der Waals surface area contributed by atoms with Crippen molar-refractivity contribution in [2.45, 2.75) is 69.9 Å². The number of hydrogen-bond donors (Lipinski definition) is 0. The molecule has 3 aliphatic heterocycles. The fraction of sp³-hybridized carbons (Fsp3) is 0.857. The van der Waals surface area contributed by atoms with Gasteiger partial charge < -0.3 is 10.4 Å². The van der Waals surface area contributed by atoms with Crippen molar-refractivity contribution in [1.29, 1.82) is 0 Å². The second-order valence-electron chi connectivity index (χ2n) is 10.1. The maximum Gasteiger partial charge on any atom is 0.282 e. The smallest absolute Gasteiger partial charge is 0.282 e. The molecule has 4 heterocycles. The van der Waals surface area contributed by atoms with E-state index < -0.39 is 16.7 Å². The van der Waals surface area contributed by atoms with Crippen molar-refractivity contribution >= 4 is 16.6 Å². The summed E-state index contributed by atoms with van der Waals surface area (Å²) in [7, 11) is -0.569. The van der Waals surface area contributed by atoms with Crippen LogP contribution >= 0.6 is 0 Å². The van der Waals surface area contributed by atoms with Gasteiger partial charge in [0.05, 0.1) is 13.1 Å². The Bertz CT molecular complexity index is 791. The Morgan fingerprint density at radius 3 is 2.37 bits per heavy atom. The van der Waals surface area contributed by atoms with E-state index in [0.29, 0.717) is 23.2 Å². The van der Waals surface area contributed by atoms with Crippen LogP contribution in [0.4, 0.5) is 14.6 Å². The molecule has 0 atom stereocenters. The minimum atomic E-state index is -2.57. The molecular weight excluding hydrogens is 410 g/mol. The molecule has 170 valence electrons. The summed E-state index contributed by atoms with van der Waals surface area (Å²) in [6.45, 7) is 6.09. The number of hydrogen-bond acceptors (Lipinski definition) is 4. The minimum Gasteiger partial charge on any atom is -0.412 e. The molecule has 1 aromatic rings. The summed E-state index contributed by atoms with van der Waals surface area (Å²) in [6.07, 6.45) is 5.85. The quantitative estimate of drug-likeness (QED) is 0.716. The standard InChI is InChI=1S/C21H32F2N4OS.H2O/c1-15(2)27-18(9-19(24-27)26-11-21(22,23)12-26)16-3-5-17(6-4-16)25-8-7-20(10-25)13-29(28)14-20;/h9,15-17H,3-8,10-14H2,1-2H3;1H2. The van der Waals surface area contributed by atoms with Gasteiger partial charge in [0.15, 0.2) is 5.82 Å². The monoisotopic (exact) mass is 444 g/mol. The minimum absolute atomic E-state index is 0. The molecule has 0 unspecified atom stereocenters. The van der Waals surface area contributed by atoms with Crippen LogP contribution in [0.1, 0.15) is 63.6 Å². The molecule has 6 nitrogen and oxygen atoms in total. The average molecular weight is 445 g/mol. The highest BCUT2D eigenvalue weighted by atomic mass is 32.2. The fourth-order valence-electron chi connectivity index (χ4n) is 5.84. The molecule has 0 radical (unpaired) electrons. The van der Waals surface area contributed by atoms with E-state index in [-0.39, 0.29) is 24.6 Å². The molecule has 1 spiro atoms. The summed E-state index contributed by atoms with van der Waals surface area (Å²) in [4.78, 5) is 4.35. The van der Waals surface area contributed by atoms with Gasteiger partial charge in [-0.1, -0.05) is 0 Å². The Morgan fingerprint density at radius 2 is 1.80 bits per heavy atom. The van der Waals surface area contributed by atoms with Crippen molar-refractivity contribution < 1.29 is 18.5 Å². The summed E-state index contributed by atoms with van der Waals surface area (Å²) in [5.41, 5.74) is 1.57. The third kappa shape index (κ3) is 3.93. The van der Waals surface area contributed by atoms with Gasteiger partial charge in [-0.3, -0.25) is 13.8 Å². The molecule has 3 saturated heterocycles. The van der Waals surface area contributed by atoms with E-state index in [2.05, 4.69) is 34.6 Å². The van der Waals surface area contributed by atoms with Gasteiger partial charge in [-0.05, 0) is 52.5 Å². The van der Waals surface area contributed by atoms with E-state index in [4.69, 9.17) is 0 Å². The summed E-state index contributed by atoms with van der Waals surface area (Å²) in [5, 5.41) is 4.68. The molecule has 4 fully saturated rings. The summed E-state index contributed by atoms with van der Waals surface area (Å²) in [6, 6.07) is 2.94. The van der Waals surface area contributed by atoms with Crippen LogP contribution in [0.5, 0.6) is 0 Å². The van der Waals surface area contributed by atoms with Crippen molar-refractivity contribution in [1.82, 2.24) is 14.7 Å². The number of anilines is 1. The maximum absolute atomic E-state index is 13.3. The summed E-state index contributed by atoms with van der Waals surface area (Å²) in [5.74, 6) is 0.417. The van der Waals surface area contributed by atoms with Crippen molar-refractivity contribution in [3.63, 3.8) is 0 Å². The Balaban J connectivity index is 0.00000218. The van der Waals surface area contributed by atoms with Gasteiger partial charge in [0.2, 0.25) is 0 Å². The van der Waals surface area contributed by atoms with Gasteiger partial charge in [0.25, 0.3) is 5.92 Å². The molecule has 0 aromatic carbocycles. The SMILES string of the molecule is CC(C)n1nc(N2CC(F)(F)C2)cc1C1CCC(N2CCC3(C2)CS(=O)C3)CC1.O. The topological polar surface area (TPSA) is 72.9 Å². The van der Waals surface area contributed by atoms with Crippen molar-refractivity contribution in [3.8, 4) is 0 Å². The number of halogens is 2. The number of rotatable bonds is 4. The van der Waals surface area contributed by atoms with Crippen LogP contribution in [0.3, 0.4) is 0 Å². The first kappa shape index (κ1) is 22.1. The number of alkyl halides is 2. The predicted molar refractivity (Wildman–Crippen MR) is 115 cm³/mol. The zero-order valence-electron chi connectivity index (χ0n) is 17.9. The highest BCUT2D eigenvalue weighted by molar-refractivity contribution is 7.86. The van der Waals surface area contributed by atoms with Crippen LogP contribution in [0, 0.1) is 5.41 Å². The van der Waals surface area contributed by atoms with Crippen molar-refractivity contribution in [2.75, 3.05) is 42.6 Å². The predicted octanol–water partition coefficient (Wildman–Crippen LogP) is 2.58. The molecular formula is C21H34F2N4O2S. The molecule has 1 aromatic heterocycles. The van der Waals surface area contributed by atoms with Crippen LogP contribution in [0.2, 0.25) is 0 Å². The second-order valence-corrected chi connectivity index (χ2v) is 11.6. The molecule has 1 aliphatic carbocycles. The summed E-state index contributed by atoms with van der Waals surface area (Å²) >= 11 is 0. The lowest BCUT2D eigenvalue weighted by molar-refractivity contribution is -0.0267. The average Bonchev–Trinajstić information content (AvgIpc) is 3.25. The van der Waals surface area contributed by atoms with Crippen LogP contribution in [0.15, 0.2) is 6.07 Å². The van der Waals surface area contributed by atoms with Crippen LogP contribution in [0.25, 0.3) is 0 Å². The van der Waals surface area contributed by atoms with E-state index in [1.54, 1.807) is 4.90 Å². The van der Waals surface area contributed by atoms with Gasteiger partial charge in [0.1, 0.15) is 0 Å². The third-order valence-electron chi connectivity index (χ3n) is 7.44. The van der Waals surface area contributed by atoms with E-state index in [1.165, 1.54) is 25.0 Å². The highest BCUT2D eigenvalue weighted by Gasteiger charge is 2.49. The highest BCUT2D eigenvalue weighted by Crippen LogP contribution is 2.44. The third-order valence-corrected chi connectivity index (χ3v) is 9.31. The van der Waals surface area contributed by atoms with Gasteiger partial charge in [-0.2, -0.15) is 5.10 Å². The molecule has 0 amide bonds. The Labute approximate surface area is 179 Å². The number of likely N-dealkylation sites (tertiary alicyclic amines) is 1. The Hall–Kier alpha value is -1.06. The molecule has 30 heavy (non-hydrogen) atoms. The number of nitrogens with zero attached hydrogens (tertiary/aromatic N) is 4. The first-order valence-electron chi connectivity index (χ1n) is 11.0. The van der Waals surface area contributed by atoms with Crippen LogP contribution in [-0.2, 0) is 10.8 Å². The summed E-state index contributed by atoms with van der Waals surface area (Å²) < 4.78 is 40.2. The Morgan fingerprint density at radius 1 is 1.13 bits per heavy atom. The van der Waals surface area contributed by atoms with E-state index in [9.17, 15) is 13.0 Å².